The third kappa shape index (κ3) is 3.19. The molecular formula is C13H13Cl2N3. The molecule has 1 aromatic heterocycles. The Labute approximate surface area is 116 Å². The van der Waals surface area contributed by atoms with E-state index in [9.17, 15) is 0 Å². The van der Waals surface area contributed by atoms with Crippen LogP contribution < -0.4 is 5.32 Å². The van der Waals surface area contributed by atoms with Crippen LogP contribution in [-0.4, -0.2) is 17.2 Å². The molecule has 0 amide bonds. The molecule has 3 nitrogen and oxygen atoms in total. The summed E-state index contributed by atoms with van der Waals surface area (Å²) in [6.45, 7) is 0. The minimum Gasteiger partial charge on any atom is -0.313 e. The van der Waals surface area contributed by atoms with Gasteiger partial charge in [-0.15, -0.1) is 0 Å². The smallest absolute Gasteiger partial charge is 0.0595 e. The predicted molar refractivity (Wildman–Crippen MR) is 74.0 cm³/mol. The number of halogens is 2. The molecule has 0 aliphatic heterocycles. The molecule has 2 aromatic rings. The Bertz CT molecular complexity index is 517. The Hall–Kier alpha value is -1.16. The molecule has 0 aliphatic carbocycles. The molecule has 0 saturated carbocycles. The Balaban J connectivity index is 2.18. The lowest BCUT2D eigenvalue weighted by atomic mass is 10.0. The van der Waals surface area contributed by atoms with Gasteiger partial charge in [0.1, 0.15) is 0 Å². The first-order valence-electron chi connectivity index (χ1n) is 5.58. The van der Waals surface area contributed by atoms with Crippen molar-refractivity contribution >= 4 is 23.2 Å². The van der Waals surface area contributed by atoms with Gasteiger partial charge >= 0.3 is 0 Å². The maximum atomic E-state index is 6.01. The summed E-state index contributed by atoms with van der Waals surface area (Å²) in [5.41, 5.74) is 2.22. The summed E-state index contributed by atoms with van der Waals surface area (Å²) in [7, 11) is 1.92. The second-order valence-corrected chi connectivity index (χ2v) is 4.78. The number of aromatic nitrogens is 2. The fraction of sp³-hybridized carbons (Fsp3) is 0.231. The fourth-order valence-corrected chi connectivity index (χ4v) is 2.12. The van der Waals surface area contributed by atoms with Crippen LogP contribution in [0.5, 0.6) is 0 Å². The first kappa shape index (κ1) is 13.3. The third-order valence-corrected chi connectivity index (χ3v) is 3.52. The maximum absolute atomic E-state index is 6.01. The molecule has 1 aromatic carbocycles. The first-order chi connectivity index (χ1) is 8.70. The minimum atomic E-state index is 0.178. The van der Waals surface area contributed by atoms with Gasteiger partial charge in [-0.05, 0) is 42.8 Å². The second kappa shape index (κ2) is 6.14. The highest BCUT2D eigenvalue weighted by Gasteiger charge is 2.11. The van der Waals surface area contributed by atoms with E-state index in [4.69, 9.17) is 23.2 Å². The van der Waals surface area contributed by atoms with E-state index in [0.29, 0.717) is 10.0 Å². The highest BCUT2D eigenvalue weighted by atomic mass is 35.5. The lowest BCUT2D eigenvalue weighted by Crippen LogP contribution is -2.19. The summed E-state index contributed by atoms with van der Waals surface area (Å²) < 4.78 is 0. The molecule has 0 fully saturated rings. The largest absolute Gasteiger partial charge is 0.313 e. The first-order valence-corrected chi connectivity index (χ1v) is 6.34. The van der Waals surface area contributed by atoms with Crippen molar-refractivity contribution in [1.29, 1.82) is 0 Å². The second-order valence-electron chi connectivity index (χ2n) is 3.97. The van der Waals surface area contributed by atoms with Gasteiger partial charge in [0, 0.05) is 12.2 Å². The van der Waals surface area contributed by atoms with Gasteiger partial charge in [-0.2, -0.15) is 10.2 Å². The molecule has 0 radical (unpaired) electrons. The van der Waals surface area contributed by atoms with Gasteiger partial charge in [-0.25, -0.2) is 0 Å². The van der Waals surface area contributed by atoms with E-state index in [-0.39, 0.29) is 6.04 Å². The number of hydrogen-bond donors (Lipinski definition) is 1. The molecule has 0 spiro atoms. The van der Waals surface area contributed by atoms with Crippen LogP contribution in [0.15, 0.2) is 36.7 Å². The number of rotatable bonds is 4. The van der Waals surface area contributed by atoms with E-state index < -0.39 is 0 Å². The SMILES string of the molecule is CNC(Cc1ccc(Cl)c(Cl)c1)c1ccnnc1. The molecular weight excluding hydrogens is 269 g/mol. The predicted octanol–water partition coefficient (Wildman–Crippen LogP) is 3.29. The highest BCUT2D eigenvalue weighted by molar-refractivity contribution is 6.42. The Morgan fingerprint density at radius 2 is 2.00 bits per heavy atom. The fourth-order valence-electron chi connectivity index (χ4n) is 1.80. The molecule has 1 atom stereocenters. The minimum absolute atomic E-state index is 0.178. The molecule has 1 N–H and O–H groups in total. The molecule has 1 heterocycles. The number of benzene rings is 1. The summed E-state index contributed by atoms with van der Waals surface area (Å²) >= 11 is 11.9. The molecule has 94 valence electrons. The van der Waals surface area contributed by atoms with Crippen molar-refractivity contribution in [3.63, 3.8) is 0 Å². The zero-order valence-electron chi connectivity index (χ0n) is 9.90. The summed E-state index contributed by atoms with van der Waals surface area (Å²) in [6.07, 6.45) is 4.27. The van der Waals surface area contributed by atoms with Gasteiger partial charge in [0.25, 0.3) is 0 Å². The number of hydrogen-bond acceptors (Lipinski definition) is 3. The summed E-state index contributed by atoms with van der Waals surface area (Å²) in [5, 5.41) is 12.1. The molecule has 2 rings (SSSR count). The zero-order valence-corrected chi connectivity index (χ0v) is 11.4. The van der Waals surface area contributed by atoms with Gasteiger partial charge in [0.15, 0.2) is 0 Å². The average Bonchev–Trinajstić information content (AvgIpc) is 2.41. The van der Waals surface area contributed by atoms with Crippen LogP contribution in [0.3, 0.4) is 0 Å². The standard InChI is InChI=1S/C13H13Cl2N3/c1-16-13(10-4-5-17-18-8-10)7-9-2-3-11(14)12(15)6-9/h2-6,8,13,16H,7H2,1H3. The van der Waals surface area contributed by atoms with E-state index in [1.807, 2.05) is 31.3 Å². The number of nitrogens with zero attached hydrogens (tertiary/aromatic N) is 2. The van der Waals surface area contributed by atoms with Gasteiger partial charge < -0.3 is 5.32 Å². The van der Waals surface area contributed by atoms with Crippen molar-refractivity contribution in [2.45, 2.75) is 12.5 Å². The monoisotopic (exact) mass is 281 g/mol. The van der Waals surface area contributed by atoms with Crippen molar-refractivity contribution in [3.8, 4) is 0 Å². The molecule has 0 bridgehead atoms. The van der Waals surface area contributed by atoms with Crippen molar-refractivity contribution < 1.29 is 0 Å². The zero-order chi connectivity index (χ0) is 13.0. The van der Waals surface area contributed by atoms with Crippen molar-refractivity contribution in [1.82, 2.24) is 15.5 Å². The topological polar surface area (TPSA) is 37.8 Å². The third-order valence-electron chi connectivity index (χ3n) is 2.78. The van der Waals surface area contributed by atoms with E-state index in [1.165, 1.54) is 0 Å². The van der Waals surface area contributed by atoms with Crippen LogP contribution in [0.25, 0.3) is 0 Å². The number of likely N-dealkylation sites (N-methyl/N-ethyl adjacent to an activating group) is 1. The Morgan fingerprint density at radius 1 is 1.17 bits per heavy atom. The Morgan fingerprint density at radius 3 is 2.61 bits per heavy atom. The van der Waals surface area contributed by atoms with Crippen molar-refractivity contribution in [2.24, 2.45) is 0 Å². The van der Waals surface area contributed by atoms with Crippen LogP contribution in [0.1, 0.15) is 17.2 Å². The quantitative estimate of drug-likeness (QED) is 0.935. The van der Waals surface area contributed by atoms with Crippen molar-refractivity contribution in [3.05, 3.63) is 57.8 Å². The molecule has 1 unspecified atom stereocenters. The maximum Gasteiger partial charge on any atom is 0.0595 e. The van der Waals surface area contributed by atoms with Gasteiger partial charge in [0.2, 0.25) is 0 Å². The summed E-state index contributed by atoms with van der Waals surface area (Å²) in [4.78, 5) is 0. The molecule has 0 aliphatic rings. The van der Waals surface area contributed by atoms with Crippen LogP contribution in [-0.2, 0) is 6.42 Å². The van der Waals surface area contributed by atoms with Crippen LogP contribution in [0, 0.1) is 0 Å². The van der Waals surface area contributed by atoms with Crippen LogP contribution in [0.4, 0.5) is 0 Å². The van der Waals surface area contributed by atoms with E-state index in [2.05, 4.69) is 15.5 Å². The van der Waals surface area contributed by atoms with Crippen molar-refractivity contribution in [2.75, 3.05) is 7.05 Å². The lowest BCUT2D eigenvalue weighted by Gasteiger charge is -2.16. The molecule has 18 heavy (non-hydrogen) atoms. The van der Waals surface area contributed by atoms with Gasteiger partial charge in [-0.3, -0.25) is 0 Å². The van der Waals surface area contributed by atoms with Gasteiger partial charge in [0.05, 0.1) is 16.2 Å². The Kier molecular flexibility index (Phi) is 4.53. The number of nitrogens with one attached hydrogen (secondary N) is 1. The lowest BCUT2D eigenvalue weighted by molar-refractivity contribution is 0.588. The van der Waals surface area contributed by atoms with E-state index in [0.717, 1.165) is 17.5 Å². The van der Waals surface area contributed by atoms with E-state index >= 15 is 0 Å². The summed E-state index contributed by atoms with van der Waals surface area (Å²) in [6, 6.07) is 7.82. The normalized spacial score (nSPS) is 12.4. The highest BCUT2D eigenvalue weighted by Crippen LogP contribution is 2.25. The van der Waals surface area contributed by atoms with Gasteiger partial charge in [-0.1, -0.05) is 29.3 Å². The molecule has 0 saturated heterocycles. The van der Waals surface area contributed by atoms with Crippen LogP contribution >= 0.6 is 23.2 Å². The molecule has 5 heteroatoms. The van der Waals surface area contributed by atoms with E-state index in [1.54, 1.807) is 12.4 Å². The average molecular weight is 282 g/mol. The summed E-state index contributed by atoms with van der Waals surface area (Å²) in [5.74, 6) is 0. The van der Waals surface area contributed by atoms with Crippen LogP contribution in [0.2, 0.25) is 10.0 Å².